The average Bonchev–Trinajstić information content (AvgIpc) is 2.76. The summed E-state index contributed by atoms with van der Waals surface area (Å²) in [7, 11) is -4.15. The maximum Gasteiger partial charge on any atom is 0.248 e. The van der Waals surface area contributed by atoms with E-state index in [0.29, 0.717) is 22.9 Å². The zero-order valence-corrected chi connectivity index (χ0v) is 21.4. The fourth-order valence-electron chi connectivity index (χ4n) is 4.72. The summed E-state index contributed by atoms with van der Waals surface area (Å²) in [5, 5.41) is 0.292. The van der Waals surface area contributed by atoms with E-state index in [1.165, 1.54) is 0 Å². The molecule has 3 nitrogen and oxygen atoms in total. The average molecular weight is 461 g/mol. The molecule has 3 rings (SSSR count). The van der Waals surface area contributed by atoms with Crippen LogP contribution in [0.3, 0.4) is 0 Å². The van der Waals surface area contributed by atoms with Gasteiger partial charge in [-0.25, -0.2) is 0 Å². The van der Waals surface area contributed by atoms with E-state index in [4.69, 9.17) is 0 Å². The Bertz CT molecular complexity index is 1230. The summed E-state index contributed by atoms with van der Waals surface area (Å²) in [6.45, 7) is 11.6. The number of hydrogen-bond donors (Lipinski definition) is 0. The first kappa shape index (κ1) is 24.9. The topological polar surface area (TPSA) is 51.2 Å². The highest BCUT2D eigenvalue weighted by atomic mass is 31.2. The zero-order chi connectivity index (χ0) is 24.3. The molecule has 0 N–H and O–H groups in total. The number of carbonyl (C=O) groups is 2. The molecule has 0 bridgehead atoms. The third-order valence-electron chi connectivity index (χ3n) is 6.16. The van der Waals surface area contributed by atoms with Crippen molar-refractivity contribution in [2.75, 3.05) is 0 Å². The second-order valence-corrected chi connectivity index (χ2v) is 11.6. The molecule has 0 aromatic heterocycles. The quantitative estimate of drug-likeness (QED) is 0.333. The molecular formula is C29H33O3P. The minimum atomic E-state index is -4.15. The minimum absolute atomic E-state index is 0.292. The number of unbranched alkanes of at least 4 members (excludes halogenated alkanes) is 1. The fourth-order valence-corrected chi connectivity index (χ4v) is 7.27. The Balaban J connectivity index is 2.29. The number of rotatable bonds is 8. The maximum atomic E-state index is 14.8. The van der Waals surface area contributed by atoms with E-state index in [1.54, 1.807) is 30.3 Å². The van der Waals surface area contributed by atoms with E-state index in [0.717, 1.165) is 46.2 Å². The van der Waals surface area contributed by atoms with Crippen LogP contribution in [0.5, 0.6) is 0 Å². The summed E-state index contributed by atoms with van der Waals surface area (Å²) in [6.07, 6.45) is 2.62. The largest absolute Gasteiger partial charge is 0.302 e. The lowest BCUT2D eigenvalue weighted by Crippen LogP contribution is -2.23. The highest BCUT2D eigenvalue weighted by Gasteiger charge is 2.44. The standard InChI is InChI=1S/C29H33O3P/c1-7-8-12-24-18-20(3)17-23(6)27(24)29(31)33(32,25-13-10-9-11-14-25)28(30)26-21(4)15-19(2)16-22(26)5/h9-11,13-18H,7-8,12H2,1-6H3. The van der Waals surface area contributed by atoms with Crippen LogP contribution in [0.25, 0.3) is 0 Å². The molecule has 0 aliphatic heterocycles. The van der Waals surface area contributed by atoms with Crippen molar-refractivity contribution in [2.45, 2.75) is 60.8 Å². The minimum Gasteiger partial charge on any atom is -0.302 e. The van der Waals surface area contributed by atoms with Crippen molar-refractivity contribution in [1.82, 2.24) is 0 Å². The van der Waals surface area contributed by atoms with Crippen molar-refractivity contribution in [3.63, 3.8) is 0 Å². The molecule has 0 fully saturated rings. The Labute approximate surface area is 197 Å². The molecule has 0 aliphatic carbocycles. The highest BCUT2D eigenvalue weighted by molar-refractivity contribution is 8.01. The number of hydrogen-bond acceptors (Lipinski definition) is 3. The summed E-state index contributed by atoms with van der Waals surface area (Å²) >= 11 is 0. The van der Waals surface area contributed by atoms with Gasteiger partial charge in [0.15, 0.2) is 0 Å². The van der Waals surface area contributed by atoms with Gasteiger partial charge in [0.25, 0.3) is 0 Å². The lowest BCUT2D eigenvalue weighted by molar-refractivity contribution is 0.104. The molecule has 0 radical (unpaired) electrons. The molecule has 172 valence electrons. The molecule has 0 heterocycles. The predicted octanol–water partition coefficient (Wildman–Crippen LogP) is 7.24. The van der Waals surface area contributed by atoms with Crippen molar-refractivity contribution in [1.29, 1.82) is 0 Å². The van der Waals surface area contributed by atoms with Crippen LogP contribution in [0.2, 0.25) is 0 Å². The van der Waals surface area contributed by atoms with Gasteiger partial charge in [-0.2, -0.15) is 0 Å². The van der Waals surface area contributed by atoms with Crippen LogP contribution in [-0.4, -0.2) is 11.0 Å². The molecule has 0 spiro atoms. The third kappa shape index (κ3) is 4.80. The smallest absolute Gasteiger partial charge is 0.248 e. The van der Waals surface area contributed by atoms with Crippen molar-refractivity contribution in [3.8, 4) is 0 Å². The van der Waals surface area contributed by atoms with Crippen LogP contribution < -0.4 is 5.30 Å². The van der Waals surface area contributed by atoms with Gasteiger partial charge in [0.1, 0.15) is 0 Å². The second-order valence-electron chi connectivity index (χ2n) is 9.05. The lowest BCUT2D eigenvalue weighted by Gasteiger charge is -2.22. The van der Waals surface area contributed by atoms with Crippen LogP contribution in [0.15, 0.2) is 54.6 Å². The Morgan fingerprint density at radius 2 is 1.21 bits per heavy atom. The first-order valence-electron chi connectivity index (χ1n) is 11.5. The van der Waals surface area contributed by atoms with E-state index in [-0.39, 0.29) is 0 Å². The van der Waals surface area contributed by atoms with Crippen LogP contribution in [0.4, 0.5) is 0 Å². The number of aryl methyl sites for hydroxylation is 6. The van der Waals surface area contributed by atoms with Crippen molar-refractivity contribution in [2.24, 2.45) is 0 Å². The first-order chi connectivity index (χ1) is 15.6. The van der Waals surface area contributed by atoms with Crippen LogP contribution >= 0.6 is 7.14 Å². The molecule has 0 aliphatic rings. The Morgan fingerprint density at radius 1 is 0.727 bits per heavy atom. The molecule has 1 unspecified atom stereocenters. The molecular weight excluding hydrogens is 427 g/mol. The Hall–Kier alpha value is -2.77. The van der Waals surface area contributed by atoms with Crippen LogP contribution in [0.1, 0.15) is 73.9 Å². The van der Waals surface area contributed by atoms with Gasteiger partial charge >= 0.3 is 0 Å². The van der Waals surface area contributed by atoms with Gasteiger partial charge < -0.3 is 4.57 Å². The summed E-state index contributed by atoms with van der Waals surface area (Å²) in [6, 6.07) is 16.3. The lowest BCUT2D eigenvalue weighted by atomic mass is 9.96. The molecule has 3 aromatic rings. The first-order valence-corrected chi connectivity index (χ1v) is 13.2. The van der Waals surface area contributed by atoms with Gasteiger partial charge in [0.05, 0.1) is 0 Å². The molecule has 0 amide bonds. The summed E-state index contributed by atoms with van der Waals surface area (Å²) < 4.78 is 14.8. The maximum absolute atomic E-state index is 14.8. The van der Waals surface area contributed by atoms with Gasteiger partial charge in [-0.3, -0.25) is 9.59 Å². The molecule has 4 heteroatoms. The van der Waals surface area contributed by atoms with Gasteiger partial charge in [0.2, 0.25) is 18.2 Å². The number of carbonyl (C=O) groups excluding carboxylic acids is 2. The monoisotopic (exact) mass is 460 g/mol. The van der Waals surface area contributed by atoms with Crippen molar-refractivity contribution >= 4 is 23.5 Å². The molecule has 0 saturated carbocycles. The fraction of sp³-hybridized carbons (Fsp3) is 0.310. The SMILES string of the molecule is CCCCc1cc(C)cc(C)c1C(=O)P(=O)(C(=O)c1c(C)cc(C)cc1C)c1ccccc1. The third-order valence-corrected chi connectivity index (χ3v) is 8.77. The predicted molar refractivity (Wildman–Crippen MR) is 138 cm³/mol. The summed E-state index contributed by atoms with van der Waals surface area (Å²) in [5.41, 5.74) is 4.92. The highest BCUT2D eigenvalue weighted by Crippen LogP contribution is 2.52. The van der Waals surface area contributed by atoms with Gasteiger partial charge in [-0.15, -0.1) is 0 Å². The Morgan fingerprint density at radius 3 is 1.76 bits per heavy atom. The number of benzene rings is 3. The normalized spacial score (nSPS) is 12.9. The van der Waals surface area contributed by atoms with E-state index < -0.39 is 18.2 Å². The summed E-state index contributed by atoms with van der Waals surface area (Å²) in [5.74, 6) is 0. The molecule has 0 saturated heterocycles. The van der Waals surface area contributed by atoms with Gasteiger partial charge in [-0.1, -0.05) is 79.1 Å². The second kappa shape index (κ2) is 10.0. The van der Waals surface area contributed by atoms with E-state index in [9.17, 15) is 14.2 Å². The van der Waals surface area contributed by atoms with Crippen LogP contribution in [0, 0.1) is 34.6 Å². The van der Waals surface area contributed by atoms with Gasteiger partial charge in [0, 0.05) is 16.4 Å². The van der Waals surface area contributed by atoms with Crippen molar-refractivity contribution < 1.29 is 14.2 Å². The van der Waals surface area contributed by atoms with Crippen LogP contribution in [-0.2, 0) is 11.0 Å². The molecule has 3 aromatic carbocycles. The van der Waals surface area contributed by atoms with Crippen molar-refractivity contribution in [3.05, 3.63) is 99.1 Å². The molecule has 33 heavy (non-hydrogen) atoms. The zero-order valence-electron chi connectivity index (χ0n) is 20.5. The molecule has 1 atom stereocenters. The Kier molecular flexibility index (Phi) is 7.55. The summed E-state index contributed by atoms with van der Waals surface area (Å²) in [4.78, 5) is 28.3. The van der Waals surface area contributed by atoms with E-state index >= 15 is 0 Å². The van der Waals surface area contributed by atoms with E-state index in [2.05, 4.69) is 6.92 Å². The van der Waals surface area contributed by atoms with E-state index in [1.807, 2.05) is 58.9 Å². The van der Waals surface area contributed by atoms with Gasteiger partial charge in [-0.05, 0) is 69.7 Å².